The molecule has 0 bridgehead atoms. The van der Waals surface area contributed by atoms with Gasteiger partial charge in [-0.1, -0.05) is 24.3 Å². The summed E-state index contributed by atoms with van der Waals surface area (Å²) in [4.78, 5) is 0. The number of hydrogen-bond donors (Lipinski definition) is 1. The van der Waals surface area contributed by atoms with Crippen LogP contribution in [0.25, 0.3) is 0 Å². The highest BCUT2D eigenvalue weighted by Crippen LogP contribution is 2.32. The molecule has 0 fully saturated rings. The first-order valence-corrected chi connectivity index (χ1v) is 7.27. The van der Waals surface area contributed by atoms with Crippen molar-refractivity contribution < 1.29 is 14.2 Å². The maximum Gasteiger partial charge on any atom is 0.231 e. The molecule has 4 nitrogen and oxygen atoms in total. The lowest BCUT2D eigenvalue weighted by Gasteiger charge is -2.08. The molecule has 0 radical (unpaired) electrons. The second-order valence-corrected chi connectivity index (χ2v) is 5.04. The molecule has 0 saturated heterocycles. The maximum atomic E-state index is 5.80. The van der Waals surface area contributed by atoms with Gasteiger partial charge < -0.3 is 19.5 Å². The number of benzene rings is 2. The molecule has 3 rings (SSSR count). The van der Waals surface area contributed by atoms with E-state index in [9.17, 15) is 0 Å². The molecule has 0 aliphatic carbocycles. The quantitative estimate of drug-likeness (QED) is 0.619. The average molecular weight is 334 g/mol. The van der Waals surface area contributed by atoms with E-state index in [0.717, 1.165) is 35.9 Å². The van der Waals surface area contributed by atoms with E-state index in [-0.39, 0.29) is 12.4 Å². The molecule has 0 aromatic heterocycles. The SMILES string of the molecule is C=CCNCc1ccc(OCc2ccc3c(c2)OCO3)cc1.Cl. The minimum Gasteiger partial charge on any atom is -0.489 e. The highest BCUT2D eigenvalue weighted by Gasteiger charge is 2.13. The zero-order chi connectivity index (χ0) is 15.2. The van der Waals surface area contributed by atoms with Crippen molar-refractivity contribution in [3.05, 3.63) is 66.2 Å². The van der Waals surface area contributed by atoms with Gasteiger partial charge in [0, 0.05) is 13.1 Å². The zero-order valence-electron chi connectivity index (χ0n) is 12.8. The molecule has 0 amide bonds. The Labute approximate surface area is 142 Å². The smallest absolute Gasteiger partial charge is 0.231 e. The molecule has 0 unspecified atom stereocenters. The molecular weight excluding hydrogens is 314 g/mol. The van der Waals surface area contributed by atoms with E-state index in [1.807, 2.05) is 36.4 Å². The summed E-state index contributed by atoms with van der Waals surface area (Å²) in [5.74, 6) is 2.43. The first kappa shape index (κ1) is 17.2. The maximum absolute atomic E-state index is 5.80. The van der Waals surface area contributed by atoms with Crippen molar-refractivity contribution >= 4 is 12.4 Å². The third kappa shape index (κ3) is 4.65. The normalized spacial score (nSPS) is 11.7. The van der Waals surface area contributed by atoms with Crippen LogP contribution >= 0.6 is 12.4 Å². The summed E-state index contributed by atoms with van der Waals surface area (Å²) >= 11 is 0. The summed E-state index contributed by atoms with van der Waals surface area (Å²) in [6.45, 7) is 6.11. The van der Waals surface area contributed by atoms with Gasteiger partial charge in [0.15, 0.2) is 11.5 Å². The van der Waals surface area contributed by atoms with Gasteiger partial charge in [0.25, 0.3) is 0 Å². The summed E-state index contributed by atoms with van der Waals surface area (Å²) in [5.41, 5.74) is 2.28. The first-order chi connectivity index (χ1) is 10.8. The lowest BCUT2D eigenvalue weighted by Crippen LogP contribution is -2.12. The van der Waals surface area contributed by atoms with Gasteiger partial charge in [-0.05, 0) is 35.4 Å². The fourth-order valence-corrected chi connectivity index (χ4v) is 2.22. The van der Waals surface area contributed by atoms with Gasteiger partial charge in [0.05, 0.1) is 0 Å². The Morgan fingerprint density at radius 1 is 1.04 bits per heavy atom. The van der Waals surface area contributed by atoms with Crippen LogP contribution < -0.4 is 19.5 Å². The predicted octanol–water partition coefficient (Wildman–Crippen LogP) is 3.69. The van der Waals surface area contributed by atoms with E-state index in [1.54, 1.807) is 0 Å². The standard InChI is InChI=1S/C18H19NO3.ClH/c1-2-9-19-11-14-3-6-16(7-4-14)20-12-15-5-8-17-18(10-15)22-13-21-17;/h2-8,10,19H,1,9,11-13H2;1H. The van der Waals surface area contributed by atoms with Crippen LogP contribution in [0.3, 0.4) is 0 Å². The highest BCUT2D eigenvalue weighted by molar-refractivity contribution is 5.85. The minimum absolute atomic E-state index is 0. The molecule has 1 N–H and O–H groups in total. The molecule has 0 spiro atoms. The lowest BCUT2D eigenvalue weighted by atomic mass is 10.2. The average Bonchev–Trinajstić information content (AvgIpc) is 3.02. The van der Waals surface area contributed by atoms with Crippen LogP contribution in [0, 0.1) is 0 Å². The molecule has 122 valence electrons. The molecule has 1 heterocycles. The van der Waals surface area contributed by atoms with Crippen LogP contribution in [0.15, 0.2) is 55.1 Å². The van der Waals surface area contributed by atoms with E-state index in [4.69, 9.17) is 14.2 Å². The second-order valence-electron chi connectivity index (χ2n) is 5.04. The molecular formula is C18H20ClNO3. The van der Waals surface area contributed by atoms with E-state index in [1.165, 1.54) is 5.56 Å². The number of nitrogens with one attached hydrogen (secondary N) is 1. The monoisotopic (exact) mass is 333 g/mol. The number of halogens is 1. The molecule has 2 aromatic rings. The van der Waals surface area contributed by atoms with Crippen molar-refractivity contribution in [3.8, 4) is 17.2 Å². The largest absolute Gasteiger partial charge is 0.489 e. The Morgan fingerprint density at radius 2 is 1.78 bits per heavy atom. The molecule has 1 aliphatic heterocycles. The molecule has 23 heavy (non-hydrogen) atoms. The molecule has 0 saturated carbocycles. The van der Waals surface area contributed by atoms with Gasteiger partial charge in [0.2, 0.25) is 6.79 Å². The van der Waals surface area contributed by atoms with Crippen molar-refractivity contribution in [2.45, 2.75) is 13.2 Å². The summed E-state index contributed by atoms with van der Waals surface area (Å²) in [6.07, 6.45) is 1.85. The third-order valence-electron chi connectivity index (χ3n) is 3.38. The number of fused-ring (bicyclic) bond motifs is 1. The zero-order valence-corrected chi connectivity index (χ0v) is 13.6. The molecule has 0 atom stereocenters. The van der Waals surface area contributed by atoms with Crippen molar-refractivity contribution in [2.75, 3.05) is 13.3 Å². The van der Waals surface area contributed by atoms with Crippen LogP contribution in [0.5, 0.6) is 17.2 Å². The van der Waals surface area contributed by atoms with Crippen molar-refractivity contribution in [1.29, 1.82) is 0 Å². The van der Waals surface area contributed by atoms with Gasteiger partial charge in [-0.2, -0.15) is 0 Å². The Kier molecular flexibility index (Phi) is 6.32. The van der Waals surface area contributed by atoms with E-state index in [0.29, 0.717) is 13.4 Å². The summed E-state index contributed by atoms with van der Waals surface area (Å²) in [6, 6.07) is 13.9. The van der Waals surface area contributed by atoms with E-state index in [2.05, 4.69) is 24.0 Å². The Balaban J connectivity index is 0.00000192. The predicted molar refractivity (Wildman–Crippen MR) is 92.5 cm³/mol. The van der Waals surface area contributed by atoms with Crippen LogP contribution in [-0.4, -0.2) is 13.3 Å². The molecule has 5 heteroatoms. The molecule has 2 aromatic carbocycles. The van der Waals surface area contributed by atoms with Crippen molar-refractivity contribution in [2.24, 2.45) is 0 Å². The fraction of sp³-hybridized carbons (Fsp3) is 0.222. The number of rotatable bonds is 7. The first-order valence-electron chi connectivity index (χ1n) is 7.27. The topological polar surface area (TPSA) is 39.7 Å². The Bertz CT molecular complexity index is 643. The van der Waals surface area contributed by atoms with Gasteiger partial charge in [-0.25, -0.2) is 0 Å². The number of ether oxygens (including phenoxy) is 3. The Hall–Kier alpha value is -2.17. The van der Waals surface area contributed by atoms with Gasteiger partial charge in [0.1, 0.15) is 12.4 Å². The summed E-state index contributed by atoms with van der Waals surface area (Å²) in [5, 5.41) is 3.27. The fourth-order valence-electron chi connectivity index (χ4n) is 2.22. The summed E-state index contributed by atoms with van der Waals surface area (Å²) < 4.78 is 16.5. The summed E-state index contributed by atoms with van der Waals surface area (Å²) in [7, 11) is 0. The highest BCUT2D eigenvalue weighted by atomic mass is 35.5. The third-order valence-corrected chi connectivity index (χ3v) is 3.38. The van der Waals surface area contributed by atoms with Crippen LogP contribution in [-0.2, 0) is 13.2 Å². The van der Waals surface area contributed by atoms with Crippen molar-refractivity contribution in [3.63, 3.8) is 0 Å². The van der Waals surface area contributed by atoms with Gasteiger partial charge in [-0.15, -0.1) is 19.0 Å². The minimum atomic E-state index is 0. The van der Waals surface area contributed by atoms with E-state index < -0.39 is 0 Å². The Morgan fingerprint density at radius 3 is 2.57 bits per heavy atom. The lowest BCUT2D eigenvalue weighted by molar-refractivity contribution is 0.174. The van der Waals surface area contributed by atoms with E-state index >= 15 is 0 Å². The van der Waals surface area contributed by atoms with Crippen LogP contribution in [0.1, 0.15) is 11.1 Å². The van der Waals surface area contributed by atoms with Crippen LogP contribution in [0.2, 0.25) is 0 Å². The van der Waals surface area contributed by atoms with Gasteiger partial charge in [-0.3, -0.25) is 0 Å². The second kappa shape index (κ2) is 8.46. The van der Waals surface area contributed by atoms with Crippen LogP contribution in [0.4, 0.5) is 0 Å². The van der Waals surface area contributed by atoms with Gasteiger partial charge >= 0.3 is 0 Å². The number of hydrogen-bond acceptors (Lipinski definition) is 4. The molecule has 1 aliphatic rings. The van der Waals surface area contributed by atoms with Crippen molar-refractivity contribution in [1.82, 2.24) is 5.32 Å².